The number of ether oxygens (including phenoxy) is 1. The van der Waals surface area contributed by atoms with Crippen molar-refractivity contribution in [2.75, 3.05) is 32.8 Å². The van der Waals surface area contributed by atoms with Crippen LogP contribution in [-0.2, 0) is 4.74 Å². The maximum Gasteiger partial charge on any atom is 0.0932 e. The third-order valence-corrected chi connectivity index (χ3v) is 3.45. The van der Waals surface area contributed by atoms with Crippen LogP contribution in [0.2, 0.25) is 0 Å². The van der Waals surface area contributed by atoms with Crippen molar-refractivity contribution in [3.8, 4) is 0 Å². The molecule has 0 saturated carbocycles. The predicted molar refractivity (Wildman–Crippen MR) is 50.6 cm³/mol. The van der Waals surface area contributed by atoms with Crippen molar-refractivity contribution >= 4 is 0 Å². The smallest absolute Gasteiger partial charge is 0.0932 e. The minimum absolute atomic E-state index is 0.452. The molecule has 3 unspecified atom stereocenters. The van der Waals surface area contributed by atoms with Crippen molar-refractivity contribution in [2.45, 2.75) is 25.4 Å². The van der Waals surface area contributed by atoms with Crippen molar-refractivity contribution in [1.29, 1.82) is 0 Å². The number of hydrogen-bond donors (Lipinski definition) is 1. The van der Waals surface area contributed by atoms with Crippen molar-refractivity contribution in [3.63, 3.8) is 0 Å². The Morgan fingerprint density at radius 1 is 1.54 bits per heavy atom. The maximum atomic E-state index is 10.3. The zero-order valence-electron chi connectivity index (χ0n) is 8.33. The van der Waals surface area contributed by atoms with Crippen molar-refractivity contribution in [1.82, 2.24) is 4.90 Å². The first-order valence-corrected chi connectivity index (χ1v) is 5.27. The van der Waals surface area contributed by atoms with Crippen LogP contribution in [0.1, 0.15) is 19.8 Å². The van der Waals surface area contributed by atoms with E-state index in [1.165, 1.54) is 6.54 Å². The van der Waals surface area contributed by atoms with Crippen molar-refractivity contribution < 1.29 is 9.84 Å². The molecule has 2 bridgehead atoms. The van der Waals surface area contributed by atoms with Crippen LogP contribution in [0.15, 0.2) is 0 Å². The summed E-state index contributed by atoms with van der Waals surface area (Å²) in [5.74, 6) is 0.452. The van der Waals surface area contributed by atoms with E-state index in [1.54, 1.807) is 0 Å². The van der Waals surface area contributed by atoms with E-state index in [0.717, 1.165) is 25.9 Å². The van der Waals surface area contributed by atoms with Gasteiger partial charge in [-0.15, -0.1) is 0 Å². The molecule has 2 aliphatic heterocycles. The van der Waals surface area contributed by atoms with Crippen LogP contribution >= 0.6 is 0 Å². The molecule has 0 aromatic carbocycles. The molecule has 0 amide bonds. The molecule has 76 valence electrons. The molecule has 3 atom stereocenters. The monoisotopic (exact) mass is 185 g/mol. The first-order chi connectivity index (χ1) is 6.24. The summed E-state index contributed by atoms with van der Waals surface area (Å²) in [7, 11) is 0. The summed E-state index contributed by atoms with van der Waals surface area (Å²) < 4.78 is 5.36. The number of aliphatic hydroxyl groups is 1. The molecule has 13 heavy (non-hydrogen) atoms. The lowest BCUT2D eigenvalue weighted by Gasteiger charge is -2.38. The Morgan fingerprint density at radius 2 is 2.38 bits per heavy atom. The van der Waals surface area contributed by atoms with Crippen LogP contribution in [0, 0.1) is 5.92 Å². The third-order valence-electron chi connectivity index (χ3n) is 3.45. The van der Waals surface area contributed by atoms with Crippen LogP contribution in [0.4, 0.5) is 0 Å². The number of piperidine rings is 1. The van der Waals surface area contributed by atoms with Crippen LogP contribution in [-0.4, -0.2) is 48.5 Å². The fourth-order valence-electron chi connectivity index (χ4n) is 2.50. The summed E-state index contributed by atoms with van der Waals surface area (Å²) in [5, 5.41) is 10.3. The van der Waals surface area contributed by atoms with Crippen molar-refractivity contribution in [2.24, 2.45) is 5.92 Å². The quantitative estimate of drug-likeness (QED) is 0.694. The summed E-state index contributed by atoms with van der Waals surface area (Å²) in [6.07, 6.45) is 2.03. The van der Waals surface area contributed by atoms with Gasteiger partial charge in [-0.05, 0) is 26.3 Å². The second kappa shape index (κ2) is 3.56. The van der Waals surface area contributed by atoms with Gasteiger partial charge in [-0.3, -0.25) is 0 Å². The molecule has 0 radical (unpaired) electrons. The van der Waals surface area contributed by atoms with E-state index in [0.29, 0.717) is 19.1 Å². The van der Waals surface area contributed by atoms with E-state index in [4.69, 9.17) is 4.74 Å². The minimum Gasteiger partial charge on any atom is -0.387 e. The Labute approximate surface area is 79.7 Å². The summed E-state index contributed by atoms with van der Waals surface area (Å²) >= 11 is 0. The predicted octanol–water partition coefficient (Wildman–Crippen LogP) is 0.480. The van der Waals surface area contributed by atoms with Crippen LogP contribution in [0.5, 0.6) is 0 Å². The second-order valence-electron chi connectivity index (χ2n) is 4.28. The van der Waals surface area contributed by atoms with Crippen LogP contribution in [0.25, 0.3) is 0 Å². The fourth-order valence-corrected chi connectivity index (χ4v) is 2.50. The molecule has 0 spiro atoms. The van der Waals surface area contributed by atoms with Gasteiger partial charge in [0.25, 0.3) is 0 Å². The first-order valence-electron chi connectivity index (χ1n) is 5.27. The Morgan fingerprint density at radius 3 is 3.15 bits per heavy atom. The van der Waals surface area contributed by atoms with E-state index < -0.39 is 5.60 Å². The van der Waals surface area contributed by atoms with Crippen LogP contribution < -0.4 is 0 Å². The SMILES string of the molecule is CCOCC1(O)CCN2CCC1C2. The summed E-state index contributed by atoms with van der Waals surface area (Å²) in [4.78, 5) is 2.44. The molecule has 1 N–H and O–H groups in total. The molecule has 0 aromatic heterocycles. The Hall–Kier alpha value is -0.120. The zero-order valence-corrected chi connectivity index (χ0v) is 8.33. The Kier molecular flexibility index (Phi) is 2.58. The number of nitrogens with zero attached hydrogens (tertiary/aromatic N) is 1. The molecule has 2 rings (SSSR count). The highest BCUT2D eigenvalue weighted by Crippen LogP contribution is 2.35. The molecular formula is C10H19NO2. The lowest BCUT2D eigenvalue weighted by atomic mass is 9.83. The Balaban J connectivity index is 1.96. The lowest BCUT2D eigenvalue weighted by molar-refractivity contribution is -0.0993. The normalized spacial score (nSPS) is 43.8. The highest BCUT2D eigenvalue weighted by molar-refractivity contribution is 4.97. The molecule has 0 aliphatic carbocycles. The van der Waals surface area contributed by atoms with Gasteiger partial charge >= 0.3 is 0 Å². The molecule has 2 heterocycles. The highest BCUT2D eigenvalue weighted by Gasteiger charge is 2.44. The van der Waals surface area contributed by atoms with Gasteiger partial charge in [0.15, 0.2) is 0 Å². The number of rotatable bonds is 3. The molecular weight excluding hydrogens is 166 g/mol. The Bertz CT molecular complexity index is 186. The standard InChI is InChI=1S/C10H19NO2/c1-2-13-8-10(12)4-6-11-5-3-9(10)7-11/h9,12H,2-8H2,1H3. The van der Waals surface area contributed by atoms with Gasteiger partial charge in [-0.25, -0.2) is 0 Å². The molecule has 3 nitrogen and oxygen atoms in total. The number of hydrogen-bond acceptors (Lipinski definition) is 3. The molecule has 2 saturated heterocycles. The fraction of sp³-hybridized carbons (Fsp3) is 1.00. The average molecular weight is 185 g/mol. The molecule has 0 aromatic rings. The van der Waals surface area contributed by atoms with Gasteiger partial charge in [-0.1, -0.05) is 0 Å². The van der Waals surface area contributed by atoms with Crippen LogP contribution in [0.3, 0.4) is 0 Å². The van der Waals surface area contributed by atoms with Gasteiger partial charge in [-0.2, -0.15) is 0 Å². The largest absolute Gasteiger partial charge is 0.387 e. The molecule has 2 fully saturated rings. The summed E-state index contributed by atoms with van der Waals surface area (Å²) in [5.41, 5.74) is -0.525. The van der Waals surface area contributed by atoms with E-state index in [2.05, 4.69) is 4.90 Å². The van der Waals surface area contributed by atoms with E-state index in [-0.39, 0.29) is 0 Å². The third kappa shape index (κ3) is 1.73. The summed E-state index contributed by atoms with van der Waals surface area (Å²) in [6.45, 7) is 6.50. The van der Waals surface area contributed by atoms with Gasteiger partial charge in [0.05, 0.1) is 12.2 Å². The van der Waals surface area contributed by atoms with E-state index in [9.17, 15) is 5.11 Å². The number of fused-ring (bicyclic) bond motifs is 2. The molecule has 2 aliphatic rings. The molecule has 3 heteroatoms. The van der Waals surface area contributed by atoms with E-state index >= 15 is 0 Å². The van der Waals surface area contributed by atoms with Gasteiger partial charge < -0.3 is 14.7 Å². The zero-order chi connectivity index (χ0) is 9.31. The maximum absolute atomic E-state index is 10.3. The average Bonchev–Trinajstić information content (AvgIpc) is 2.55. The van der Waals surface area contributed by atoms with Gasteiger partial charge in [0.1, 0.15) is 0 Å². The van der Waals surface area contributed by atoms with Gasteiger partial charge in [0.2, 0.25) is 0 Å². The van der Waals surface area contributed by atoms with Gasteiger partial charge in [0, 0.05) is 25.6 Å². The van der Waals surface area contributed by atoms with Crippen molar-refractivity contribution in [3.05, 3.63) is 0 Å². The first kappa shape index (κ1) is 9.44. The second-order valence-corrected chi connectivity index (χ2v) is 4.28. The van der Waals surface area contributed by atoms with E-state index in [1.807, 2.05) is 6.92 Å². The minimum atomic E-state index is -0.525. The lowest BCUT2D eigenvalue weighted by Crippen LogP contribution is -2.49. The highest BCUT2D eigenvalue weighted by atomic mass is 16.5. The topological polar surface area (TPSA) is 32.7 Å². The summed E-state index contributed by atoms with van der Waals surface area (Å²) in [6, 6.07) is 0.